The third-order valence-corrected chi connectivity index (χ3v) is 6.23. The van der Waals surface area contributed by atoms with Crippen molar-refractivity contribution in [2.75, 3.05) is 7.11 Å². The molecule has 0 aromatic heterocycles. The van der Waals surface area contributed by atoms with Crippen LogP contribution in [0.3, 0.4) is 0 Å². The highest BCUT2D eigenvalue weighted by atomic mass is 16.5. The van der Waals surface area contributed by atoms with E-state index in [9.17, 15) is 30.0 Å². The Morgan fingerprint density at radius 3 is 2.20 bits per heavy atom. The van der Waals surface area contributed by atoms with Crippen LogP contribution in [0.4, 0.5) is 0 Å². The van der Waals surface area contributed by atoms with Crippen molar-refractivity contribution in [1.29, 1.82) is 0 Å². The van der Waals surface area contributed by atoms with Gasteiger partial charge in [0.15, 0.2) is 11.6 Å². The number of carbonyl (C=O) groups is 2. The highest BCUT2D eigenvalue weighted by Crippen LogP contribution is 2.50. The van der Waals surface area contributed by atoms with Crippen molar-refractivity contribution in [1.82, 2.24) is 0 Å². The van der Waals surface area contributed by atoms with E-state index in [1.165, 1.54) is 21.0 Å². The predicted octanol–water partition coefficient (Wildman–Crippen LogP) is 5.18. The Hall–Kier alpha value is -3.68. The van der Waals surface area contributed by atoms with Gasteiger partial charge in [0.1, 0.15) is 51.2 Å². The van der Waals surface area contributed by atoms with E-state index in [0.717, 1.165) is 6.42 Å². The van der Waals surface area contributed by atoms with Gasteiger partial charge in [0.2, 0.25) is 0 Å². The van der Waals surface area contributed by atoms with E-state index >= 15 is 0 Å². The van der Waals surface area contributed by atoms with Crippen LogP contribution in [0.1, 0.15) is 89.9 Å². The molecular weight excluding hydrogens is 452 g/mol. The molecule has 8 nitrogen and oxygen atoms in total. The van der Waals surface area contributed by atoms with E-state index < -0.39 is 28.6 Å². The molecule has 4 N–H and O–H groups in total. The van der Waals surface area contributed by atoms with Crippen LogP contribution in [0.2, 0.25) is 0 Å². The number of phenolic OH excluding ortho intramolecular Hbond substituents is 4. The second kappa shape index (κ2) is 9.52. The van der Waals surface area contributed by atoms with Crippen LogP contribution in [0, 0.1) is 6.92 Å². The smallest absolute Gasteiger partial charge is 0.170 e. The Morgan fingerprint density at radius 2 is 1.63 bits per heavy atom. The lowest BCUT2D eigenvalue weighted by molar-refractivity contribution is 0.0961. The average molecular weight is 485 g/mol. The summed E-state index contributed by atoms with van der Waals surface area (Å²) in [5.74, 6) is -2.45. The Bertz CT molecular complexity index is 1240. The van der Waals surface area contributed by atoms with Gasteiger partial charge in [-0.25, -0.2) is 0 Å². The van der Waals surface area contributed by atoms with Crippen molar-refractivity contribution in [2.45, 2.75) is 65.9 Å². The highest BCUT2D eigenvalue weighted by molar-refractivity contribution is 6.04. The number of hydrogen-bond donors (Lipinski definition) is 4. The number of ketones is 2. The van der Waals surface area contributed by atoms with Crippen molar-refractivity contribution in [3.8, 4) is 34.5 Å². The number of fused-ring (bicyclic) bond motifs is 1. The molecule has 2 aromatic carbocycles. The van der Waals surface area contributed by atoms with Crippen LogP contribution in [-0.4, -0.2) is 44.7 Å². The van der Waals surface area contributed by atoms with E-state index in [-0.39, 0.29) is 69.3 Å². The van der Waals surface area contributed by atoms with Gasteiger partial charge in [0.05, 0.1) is 12.7 Å². The van der Waals surface area contributed by atoms with Crippen molar-refractivity contribution in [2.24, 2.45) is 0 Å². The van der Waals surface area contributed by atoms with Gasteiger partial charge in [0.25, 0.3) is 0 Å². The molecule has 0 saturated carbocycles. The molecule has 0 atom stereocenters. The normalized spacial score (nSPS) is 13.8. The number of aromatic hydroxyl groups is 4. The molecule has 0 radical (unpaired) electrons. The van der Waals surface area contributed by atoms with Gasteiger partial charge in [-0.15, -0.1) is 0 Å². The van der Waals surface area contributed by atoms with Gasteiger partial charge >= 0.3 is 0 Å². The number of rotatable bonds is 8. The largest absolute Gasteiger partial charge is 0.507 e. The summed E-state index contributed by atoms with van der Waals surface area (Å²) in [5, 5.41) is 43.7. The number of carbonyl (C=O) groups excluding carboxylic acids is 2. The van der Waals surface area contributed by atoms with Gasteiger partial charge in [-0.2, -0.15) is 0 Å². The zero-order valence-corrected chi connectivity index (χ0v) is 20.9. The van der Waals surface area contributed by atoms with Crippen LogP contribution in [0.15, 0.2) is 6.08 Å². The Balaban J connectivity index is 2.32. The molecule has 8 heteroatoms. The summed E-state index contributed by atoms with van der Waals surface area (Å²) < 4.78 is 11.4. The summed E-state index contributed by atoms with van der Waals surface area (Å²) in [5.41, 5.74) is -0.612. The minimum absolute atomic E-state index is 0.0373. The van der Waals surface area contributed by atoms with E-state index in [1.54, 1.807) is 26.0 Å². The summed E-state index contributed by atoms with van der Waals surface area (Å²) in [4.78, 5) is 25.3. The molecule has 1 aliphatic heterocycles. The molecule has 2 aromatic rings. The molecule has 0 aliphatic carbocycles. The molecule has 3 rings (SSSR count). The maximum absolute atomic E-state index is 13.2. The van der Waals surface area contributed by atoms with Crippen molar-refractivity contribution >= 4 is 17.6 Å². The summed E-state index contributed by atoms with van der Waals surface area (Å²) >= 11 is 0. The van der Waals surface area contributed by atoms with E-state index in [1.807, 2.05) is 6.92 Å². The maximum atomic E-state index is 13.2. The molecular formula is C27H32O8. The zero-order chi connectivity index (χ0) is 26.2. The van der Waals surface area contributed by atoms with E-state index in [2.05, 4.69) is 0 Å². The molecule has 1 heterocycles. The predicted molar refractivity (Wildman–Crippen MR) is 131 cm³/mol. The number of Topliss-reactive ketones (excluding diaryl/α,β-unsaturated/α-hetero) is 2. The van der Waals surface area contributed by atoms with Gasteiger partial charge in [-0.1, -0.05) is 13.3 Å². The highest BCUT2D eigenvalue weighted by Gasteiger charge is 2.34. The lowest BCUT2D eigenvalue weighted by Gasteiger charge is -2.31. The fraction of sp³-hybridized carbons (Fsp3) is 0.407. The monoisotopic (exact) mass is 484 g/mol. The fourth-order valence-electron chi connectivity index (χ4n) is 4.35. The zero-order valence-electron chi connectivity index (χ0n) is 20.9. The molecule has 0 unspecified atom stereocenters. The lowest BCUT2D eigenvalue weighted by Crippen LogP contribution is -2.29. The summed E-state index contributed by atoms with van der Waals surface area (Å²) in [6.45, 7) is 8.25. The van der Waals surface area contributed by atoms with Crippen LogP contribution in [0.25, 0.3) is 6.08 Å². The number of methoxy groups -OCH3 is 1. The molecule has 188 valence electrons. The summed E-state index contributed by atoms with van der Waals surface area (Å²) in [6.07, 6.45) is 4.64. The van der Waals surface area contributed by atoms with Gasteiger partial charge in [0, 0.05) is 29.5 Å². The van der Waals surface area contributed by atoms with Crippen molar-refractivity contribution < 1.29 is 39.5 Å². The molecule has 0 amide bonds. The number of benzene rings is 2. The van der Waals surface area contributed by atoms with Gasteiger partial charge in [-0.05, 0) is 46.3 Å². The van der Waals surface area contributed by atoms with Gasteiger partial charge < -0.3 is 29.9 Å². The standard InChI is InChI=1S/C27H32O8/c1-7-8-9-18(29)20-23(32)16(22(31)15-10-11-27(4,5)35-26(15)20)12-17-24(33)19(14(3)28)21(30)13(2)25(17)34-6/h10-11,30-33H,7-9,12H2,1-6H3. The van der Waals surface area contributed by atoms with Crippen LogP contribution in [0.5, 0.6) is 34.5 Å². The average Bonchev–Trinajstić information content (AvgIpc) is 2.77. The number of hydrogen-bond acceptors (Lipinski definition) is 8. The topological polar surface area (TPSA) is 134 Å². The number of ether oxygens (including phenoxy) is 2. The second-order valence-electron chi connectivity index (χ2n) is 9.30. The molecule has 35 heavy (non-hydrogen) atoms. The first-order valence-electron chi connectivity index (χ1n) is 11.5. The Morgan fingerprint density at radius 1 is 1.00 bits per heavy atom. The van der Waals surface area contributed by atoms with Crippen LogP contribution >= 0.6 is 0 Å². The van der Waals surface area contributed by atoms with Crippen LogP contribution in [-0.2, 0) is 6.42 Å². The first kappa shape index (κ1) is 25.9. The minimum atomic E-state index is -0.765. The fourth-order valence-corrected chi connectivity index (χ4v) is 4.35. The van der Waals surface area contributed by atoms with E-state index in [4.69, 9.17) is 9.47 Å². The third-order valence-electron chi connectivity index (χ3n) is 6.23. The molecule has 0 fully saturated rings. The second-order valence-corrected chi connectivity index (χ2v) is 9.30. The number of unbranched alkanes of at least 4 members (excludes halogenated alkanes) is 1. The molecule has 0 bridgehead atoms. The minimum Gasteiger partial charge on any atom is -0.507 e. The van der Waals surface area contributed by atoms with Crippen molar-refractivity contribution in [3.05, 3.63) is 39.5 Å². The van der Waals surface area contributed by atoms with Crippen molar-refractivity contribution in [3.63, 3.8) is 0 Å². The molecule has 0 saturated heterocycles. The first-order valence-corrected chi connectivity index (χ1v) is 11.5. The number of phenols is 4. The maximum Gasteiger partial charge on any atom is 0.170 e. The quantitative estimate of drug-likeness (QED) is 0.377. The van der Waals surface area contributed by atoms with Gasteiger partial charge in [-0.3, -0.25) is 9.59 Å². The first-order chi connectivity index (χ1) is 16.4. The molecule has 0 spiro atoms. The SMILES string of the molecule is CCCCC(=O)c1c(O)c(Cc2c(O)c(C(C)=O)c(O)c(C)c2OC)c(O)c2c1OC(C)(C)C=C2. The summed E-state index contributed by atoms with van der Waals surface area (Å²) in [7, 11) is 1.34. The van der Waals surface area contributed by atoms with E-state index in [0.29, 0.717) is 6.42 Å². The Kier molecular flexibility index (Phi) is 7.06. The van der Waals surface area contributed by atoms with Crippen LogP contribution < -0.4 is 9.47 Å². The third kappa shape index (κ3) is 4.52. The molecule has 1 aliphatic rings. The summed E-state index contributed by atoms with van der Waals surface area (Å²) in [6, 6.07) is 0. The Labute approximate surface area is 204 Å². The lowest BCUT2D eigenvalue weighted by atomic mass is 9.88.